The van der Waals surface area contributed by atoms with E-state index in [0.717, 1.165) is 56.7 Å². The van der Waals surface area contributed by atoms with Crippen molar-refractivity contribution < 1.29 is 9.59 Å². The first-order chi connectivity index (χ1) is 16.4. The second kappa shape index (κ2) is 8.12. The van der Waals surface area contributed by atoms with Gasteiger partial charge in [-0.15, -0.1) is 0 Å². The van der Waals surface area contributed by atoms with Gasteiger partial charge < -0.3 is 20.4 Å². The minimum Gasteiger partial charge on any atom is -0.368 e. The summed E-state index contributed by atoms with van der Waals surface area (Å²) in [6, 6.07) is 6.68. The van der Waals surface area contributed by atoms with Gasteiger partial charge in [-0.3, -0.25) is 14.3 Å². The van der Waals surface area contributed by atoms with Crippen molar-refractivity contribution in [2.24, 2.45) is 17.6 Å². The maximum atomic E-state index is 13.2. The molecule has 1 saturated carbocycles. The molecule has 0 radical (unpaired) electrons. The van der Waals surface area contributed by atoms with E-state index in [0.29, 0.717) is 30.6 Å². The minimum absolute atomic E-state index is 0.0193. The number of anilines is 1. The lowest BCUT2D eigenvalue weighted by molar-refractivity contribution is -0.132. The Balaban J connectivity index is 1.12. The number of rotatable bonds is 4. The van der Waals surface area contributed by atoms with E-state index in [1.165, 1.54) is 16.8 Å². The third kappa shape index (κ3) is 3.50. The molecule has 8 heteroatoms. The van der Waals surface area contributed by atoms with E-state index < -0.39 is 0 Å². The summed E-state index contributed by atoms with van der Waals surface area (Å²) in [5.74, 6) is 1.03. The fourth-order valence-electron chi connectivity index (χ4n) is 6.20. The van der Waals surface area contributed by atoms with Crippen LogP contribution in [0.4, 0.5) is 5.69 Å². The largest absolute Gasteiger partial charge is 0.368 e. The van der Waals surface area contributed by atoms with E-state index in [-0.39, 0.29) is 24.4 Å². The van der Waals surface area contributed by atoms with Crippen molar-refractivity contribution in [3.63, 3.8) is 0 Å². The summed E-state index contributed by atoms with van der Waals surface area (Å²) < 4.78 is 1.82. The molecule has 3 heterocycles. The average Bonchev–Trinajstić information content (AvgIpc) is 3.31. The fourth-order valence-corrected chi connectivity index (χ4v) is 6.20. The van der Waals surface area contributed by atoms with Crippen LogP contribution >= 0.6 is 0 Å². The summed E-state index contributed by atoms with van der Waals surface area (Å²) >= 11 is 0. The van der Waals surface area contributed by atoms with E-state index in [9.17, 15) is 9.59 Å². The van der Waals surface area contributed by atoms with E-state index >= 15 is 0 Å². The Hall–Kier alpha value is -2.87. The third-order valence-electron chi connectivity index (χ3n) is 8.59. The topological polar surface area (TPSA) is 87.7 Å². The molecule has 4 aliphatic rings. The van der Waals surface area contributed by atoms with Gasteiger partial charge in [-0.05, 0) is 62.1 Å². The molecule has 3 fully saturated rings. The molecule has 180 valence electrons. The molecular formula is C26H34N6O2. The van der Waals surface area contributed by atoms with E-state index in [2.05, 4.69) is 36.9 Å². The van der Waals surface area contributed by atoms with E-state index in [1.807, 2.05) is 14.5 Å². The van der Waals surface area contributed by atoms with Crippen LogP contribution in [0.25, 0.3) is 0 Å². The van der Waals surface area contributed by atoms with Gasteiger partial charge >= 0.3 is 0 Å². The first kappa shape index (κ1) is 21.6. The maximum Gasteiger partial charge on any atom is 0.274 e. The van der Waals surface area contributed by atoms with Crippen LogP contribution < -0.4 is 10.6 Å². The molecule has 2 amide bonds. The van der Waals surface area contributed by atoms with E-state index in [1.54, 1.807) is 0 Å². The first-order valence-electron chi connectivity index (χ1n) is 12.6. The molecule has 2 atom stereocenters. The predicted octanol–water partition coefficient (Wildman–Crippen LogP) is 1.37. The van der Waals surface area contributed by atoms with Crippen LogP contribution in [0.2, 0.25) is 0 Å². The number of likely N-dealkylation sites (tertiary alicyclic amines) is 1. The Morgan fingerprint density at radius 1 is 1.03 bits per heavy atom. The zero-order valence-corrected chi connectivity index (χ0v) is 20.2. The fraction of sp³-hybridized carbons (Fsp3) is 0.577. The van der Waals surface area contributed by atoms with Crippen molar-refractivity contribution in [1.82, 2.24) is 19.6 Å². The Labute approximate surface area is 200 Å². The quantitative estimate of drug-likeness (QED) is 0.742. The number of fused-ring (bicyclic) bond motifs is 2. The van der Waals surface area contributed by atoms with Crippen LogP contribution in [0.15, 0.2) is 18.2 Å². The van der Waals surface area contributed by atoms with Crippen LogP contribution in [0.1, 0.15) is 39.3 Å². The zero-order valence-electron chi connectivity index (χ0n) is 20.2. The molecule has 2 aliphatic heterocycles. The predicted molar refractivity (Wildman–Crippen MR) is 130 cm³/mol. The van der Waals surface area contributed by atoms with Gasteiger partial charge in [0, 0.05) is 62.3 Å². The summed E-state index contributed by atoms with van der Waals surface area (Å²) in [6.07, 6.45) is 2.78. The number of nitrogens with two attached hydrogens (primary N) is 1. The molecule has 8 nitrogen and oxygen atoms in total. The number of carbonyl (C=O) groups excluding carboxylic acids is 2. The van der Waals surface area contributed by atoms with Gasteiger partial charge in [0.15, 0.2) is 5.69 Å². The minimum atomic E-state index is 0.0193. The normalized spacial score (nSPS) is 25.5. The molecule has 2 aliphatic carbocycles. The highest BCUT2D eigenvalue weighted by Crippen LogP contribution is 2.44. The smallest absolute Gasteiger partial charge is 0.274 e. The molecule has 0 bridgehead atoms. The van der Waals surface area contributed by atoms with Crippen molar-refractivity contribution in [2.75, 3.05) is 44.2 Å². The van der Waals surface area contributed by atoms with Gasteiger partial charge in [0.25, 0.3) is 5.91 Å². The van der Waals surface area contributed by atoms with Crippen molar-refractivity contribution in [3.8, 4) is 0 Å². The molecule has 0 spiro atoms. The van der Waals surface area contributed by atoms with E-state index in [4.69, 9.17) is 10.8 Å². The van der Waals surface area contributed by atoms with Crippen molar-refractivity contribution in [2.45, 2.75) is 45.7 Å². The Kier molecular flexibility index (Phi) is 5.17. The molecule has 1 aromatic carbocycles. The number of aromatic nitrogens is 2. The number of carbonyl (C=O) groups is 2. The SMILES string of the molecule is Cc1cccc(N2CCN(C(=O)Cn3nc(C(=O)N4CC5C(N)C5C4)c4c3CCC4)CC2)c1C. The van der Waals surface area contributed by atoms with Crippen molar-refractivity contribution >= 4 is 17.5 Å². The molecule has 34 heavy (non-hydrogen) atoms. The summed E-state index contributed by atoms with van der Waals surface area (Å²) in [4.78, 5) is 32.6. The molecule has 2 unspecified atom stereocenters. The number of hydrogen-bond acceptors (Lipinski definition) is 5. The molecular weight excluding hydrogens is 428 g/mol. The summed E-state index contributed by atoms with van der Waals surface area (Å²) in [5, 5.41) is 4.69. The van der Waals surface area contributed by atoms with Gasteiger partial charge in [0.05, 0.1) is 0 Å². The van der Waals surface area contributed by atoms with Crippen molar-refractivity contribution in [3.05, 3.63) is 46.3 Å². The van der Waals surface area contributed by atoms with Gasteiger partial charge in [0.1, 0.15) is 6.54 Å². The van der Waals surface area contributed by atoms with Gasteiger partial charge in [-0.1, -0.05) is 12.1 Å². The number of piperidine rings is 1. The Bertz CT molecular complexity index is 1140. The zero-order chi connectivity index (χ0) is 23.6. The number of benzene rings is 1. The first-order valence-corrected chi connectivity index (χ1v) is 12.6. The number of nitrogens with zero attached hydrogens (tertiary/aromatic N) is 5. The van der Waals surface area contributed by atoms with Gasteiger partial charge in [-0.25, -0.2) is 0 Å². The van der Waals surface area contributed by atoms with Gasteiger partial charge in [0.2, 0.25) is 5.91 Å². The van der Waals surface area contributed by atoms with Crippen LogP contribution in [-0.2, 0) is 24.2 Å². The second-order valence-corrected chi connectivity index (χ2v) is 10.5. The molecule has 1 aromatic heterocycles. The Morgan fingerprint density at radius 2 is 1.76 bits per heavy atom. The average molecular weight is 463 g/mol. The third-order valence-corrected chi connectivity index (χ3v) is 8.59. The number of piperazine rings is 1. The lowest BCUT2D eigenvalue weighted by Crippen LogP contribution is -2.50. The summed E-state index contributed by atoms with van der Waals surface area (Å²) in [6.45, 7) is 9.09. The van der Waals surface area contributed by atoms with Crippen molar-refractivity contribution in [1.29, 1.82) is 0 Å². The maximum absolute atomic E-state index is 13.2. The highest BCUT2D eigenvalue weighted by atomic mass is 16.2. The Morgan fingerprint density at radius 3 is 2.50 bits per heavy atom. The molecule has 2 saturated heterocycles. The molecule has 2 aromatic rings. The standard InChI is InChI=1S/C26H34N6O2/c1-16-5-3-7-21(17(16)2)29-9-11-30(12-10-29)23(33)15-32-22-8-4-6-18(22)25(28-32)26(34)31-13-19-20(14-31)24(19)27/h3,5,7,19-20,24H,4,6,8-15,27H2,1-2H3. The lowest BCUT2D eigenvalue weighted by atomic mass is 10.1. The number of aryl methyl sites for hydroxylation is 1. The highest BCUT2D eigenvalue weighted by molar-refractivity contribution is 5.94. The number of hydrogen-bond donors (Lipinski definition) is 1. The summed E-state index contributed by atoms with van der Waals surface area (Å²) in [5.41, 5.74) is 12.6. The summed E-state index contributed by atoms with van der Waals surface area (Å²) in [7, 11) is 0. The van der Waals surface area contributed by atoms with Crippen LogP contribution in [-0.4, -0.2) is 76.7 Å². The van der Waals surface area contributed by atoms with Crippen LogP contribution in [0.5, 0.6) is 0 Å². The monoisotopic (exact) mass is 462 g/mol. The van der Waals surface area contributed by atoms with Crippen LogP contribution in [0.3, 0.4) is 0 Å². The second-order valence-electron chi connectivity index (χ2n) is 10.5. The lowest BCUT2D eigenvalue weighted by Gasteiger charge is -2.37. The number of amides is 2. The highest BCUT2D eigenvalue weighted by Gasteiger charge is 2.55. The molecule has 6 rings (SSSR count). The van der Waals surface area contributed by atoms with Crippen LogP contribution in [0, 0.1) is 25.7 Å². The van der Waals surface area contributed by atoms with Gasteiger partial charge in [-0.2, -0.15) is 5.10 Å². The molecule has 2 N–H and O–H groups in total.